The van der Waals surface area contributed by atoms with Gasteiger partial charge in [0.05, 0.1) is 5.02 Å². The Kier molecular flexibility index (Phi) is 3.30. The van der Waals surface area contributed by atoms with Gasteiger partial charge in [-0.3, -0.25) is 5.10 Å². The van der Waals surface area contributed by atoms with Gasteiger partial charge < -0.3 is 0 Å². The first-order valence-corrected chi connectivity index (χ1v) is 6.13. The lowest BCUT2D eigenvalue weighted by molar-refractivity contribution is 0.781. The van der Waals surface area contributed by atoms with Crippen molar-refractivity contribution in [2.75, 3.05) is 0 Å². The minimum absolute atomic E-state index is 0.326. The Hall–Kier alpha value is -0.870. The monoisotopic (exact) mass is 299 g/mol. The first kappa shape index (κ1) is 11.6. The molecule has 0 saturated carbocycles. The van der Waals surface area contributed by atoms with Gasteiger partial charge in [-0.15, -0.1) is 0 Å². The van der Waals surface area contributed by atoms with Crippen LogP contribution >= 0.6 is 27.5 Å². The second-order valence-corrected chi connectivity index (χ2v) is 5.03. The van der Waals surface area contributed by atoms with Gasteiger partial charge in [-0.1, -0.05) is 31.5 Å². The van der Waals surface area contributed by atoms with E-state index in [0.29, 0.717) is 16.8 Å². The van der Waals surface area contributed by atoms with Crippen LogP contribution in [-0.2, 0) is 0 Å². The lowest BCUT2D eigenvalue weighted by Gasteiger charge is -2.01. The molecule has 2 aromatic rings. The van der Waals surface area contributed by atoms with Gasteiger partial charge in [0.25, 0.3) is 0 Å². The highest BCUT2D eigenvalue weighted by atomic mass is 79.9. The van der Waals surface area contributed by atoms with Crippen molar-refractivity contribution >= 4 is 27.5 Å². The van der Waals surface area contributed by atoms with Gasteiger partial charge in [0.2, 0.25) is 0 Å². The number of nitrogens with zero attached hydrogens (tertiary/aromatic N) is 2. The van der Waals surface area contributed by atoms with E-state index in [9.17, 15) is 0 Å². The molecule has 0 atom stereocenters. The van der Waals surface area contributed by atoms with E-state index in [1.54, 1.807) is 0 Å². The number of hydrogen-bond donors (Lipinski definition) is 1. The van der Waals surface area contributed by atoms with Gasteiger partial charge in [-0.05, 0) is 28.1 Å². The number of aromatic amines is 1. The minimum Gasteiger partial charge on any atom is -0.262 e. The van der Waals surface area contributed by atoms with Gasteiger partial charge in [0.1, 0.15) is 5.82 Å². The summed E-state index contributed by atoms with van der Waals surface area (Å²) in [5.74, 6) is 1.83. The van der Waals surface area contributed by atoms with Crippen molar-refractivity contribution in [3.8, 4) is 11.4 Å². The average molecular weight is 301 g/mol. The Morgan fingerprint density at radius 1 is 1.38 bits per heavy atom. The zero-order chi connectivity index (χ0) is 11.7. The molecule has 16 heavy (non-hydrogen) atoms. The summed E-state index contributed by atoms with van der Waals surface area (Å²) < 4.78 is 0.850. The Morgan fingerprint density at radius 3 is 2.75 bits per heavy atom. The van der Waals surface area contributed by atoms with Crippen LogP contribution in [-0.4, -0.2) is 15.2 Å². The van der Waals surface area contributed by atoms with Gasteiger partial charge in [0.15, 0.2) is 5.82 Å². The summed E-state index contributed by atoms with van der Waals surface area (Å²) in [6.07, 6.45) is 0. The van der Waals surface area contributed by atoms with E-state index in [2.05, 4.69) is 45.0 Å². The topological polar surface area (TPSA) is 41.6 Å². The summed E-state index contributed by atoms with van der Waals surface area (Å²) in [6.45, 7) is 4.12. The summed E-state index contributed by atoms with van der Waals surface area (Å²) in [7, 11) is 0. The molecule has 0 bridgehead atoms. The highest BCUT2D eigenvalue weighted by molar-refractivity contribution is 9.10. The molecule has 0 aliphatic heterocycles. The van der Waals surface area contributed by atoms with Crippen molar-refractivity contribution in [3.63, 3.8) is 0 Å². The Labute approximate surface area is 107 Å². The van der Waals surface area contributed by atoms with E-state index in [1.165, 1.54) is 0 Å². The van der Waals surface area contributed by atoms with E-state index in [-0.39, 0.29) is 0 Å². The largest absolute Gasteiger partial charge is 0.262 e. The molecule has 84 valence electrons. The van der Waals surface area contributed by atoms with Crippen LogP contribution in [0, 0.1) is 0 Å². The van der Waals surface area contributed by atoms with E-state index in [4.69, 9.17) is 11.6 Å². The molecule has 0 saturated heterocycles. The van der Waals surface area contributed by atoms with E-state index < -0.39 is 0 Å². The molecule has 3 nitrogen and oxygen atoms in total. The summed E-state index contributed by atoms with van der Waals surface area (Å²) in [5.41, 5.74) is 0.833. The zero-order valence-corrected chi connectivity index (χ0v) is 11.3. The first-order valence-electron chi connectivity index (χ1n) is 4.96. The van der Waals surface area contributed by atoms with Crippen LogP contribution in [0.1, 0.15) is 25.6 Å². The Morgan fingerprint density at radius 2 is 2.12 bits per heavy atom. The van der Waals surface area contributed by atoms with Crippen LogP contribution in [0.4, 0.5) is 0 Å². The molecule has 0 unspecified atom stereocenters. The molecule has 2 rings (SSSR count). The van der Waals surface area contributed by atoms with E-state index in [0.717, 1.165) is 15.9 Å². The fraction of sp³-hybridized carbons (Fsp3) is 0.273. The molecule has 0 amide bonds. The highest BCUT2D eigenvalue weighted by Crippen LogP contribution is 2.32. The SMILES string of the molecule is CC(C)c1nc(-c2cccc(Br)c2Cl)n[nH]1. The van der Waals surface area contributed by atoms with Gasteiger partial charge >= 0.3 is 0 Å². The maximum Gasteiger partial charge on any atom is 0.182 e. The van der Waals surface area contributed by atoms with Crippen molar-refractivity contribution in [3.05, 3.63) is 33.5 Å². The highest BCUT2D eigenvalue weighted by Gasteiger charge is 2.12. The summed E-state index contributed by atoms with van der Waals surface area (Å²) in [6, 6.07) is 5.71. The second-order valence-electron chi connectivity index (χ2n) is 3.80. The molecule has 0 aliphatic rings. The fourth-order valence-corrected chi connectivity index (χ4v) is 1.91. The molecule has 0 aliphatic carbocycles. The third kappa shape index (κ3) is 2.13. The van der Waals surface area contributed by atoms with Crippen LogP contribution in [0.2, 0.25) is 5.02 Å². The minimum atomic E-state index is 0.326. The molecule has 0 spiro atoms. The molecular weight excluding hydrogens is 289 g/mol. The van der Waals surface area contributed by atoms with Gasteiger partial charge in [-0.2, -0.15) is 5.10 Å². The number of H-pyrrole nitrogens is 1. The number of rotatable bonds is 2. The zero-order valence-electron chi connectivity index (χ0n) is 8.96. The summed E-state index contributed by atoms with van der Waals surface area (Å²) in [5, 5.41) is 7.72. The predicted molar refractivity (Wildman–Crippen MR) is 68.6 cm³/mol. The third-order valence-electron chi connectivity index (χ3n) is 2.24. The second kappa shape index (κ2) is 4.55. The number of nitrogens with one attached hydrogen (secondary N) is 1. The predicted octanol–water partition coefficient (Wildman–Crippen LogP) is 4.01. The normalized spacial score (nSPS) is 11.1. The standard InChI is InChI=1S/C11H11BrClN3/c1-6(2)10-14-11(16-15-10)7-4-3-5-8(12)9(7)13/h3-6H,1-2H3,(H,14,15,16). The van der Waals surface area contributed by atoms with Crippen LogP contribution in [0.5, 0.6) is 0 Å². The molecule has 0 radical (unpaired) electrons. The van der Waals surface area contributed by atoms with Gasteiger partial charge in [-0.25, -0.2) is 4.98 Å². The molecule has 1 N–H and O–H groups in total. The van der Waals surface area contributed by atoms with Gasteiger partial charge in [0, 0.05) is 16.0 Å². The molecule has 0 fully saturated rings. The molecular formula is C11H11BrClN3. The Balaban J connectivity index is 2.47. The third-order valence-corrected chi connectivity index (χ3v) is 3.54. The number of aromatic nitrogens is 3. The summed E-state index contributed by atoms with van der Waals surface area (Å²) >= 11 is 9.56. The molecule has 5 heteroatoms. The van der Waals surface area contributed by atoms with Crippen LogP contribution in [0.25, 0.3) is 11.4 Å². The van der Waals surface area contributed by atoms with Crippen molar-refractivity contribution in [1.29, 1.82) is 0 Å². The van der Waals surface area contributed by atoms with E-state index in [1.807, 2.05) is 18.2 Å². The smallest absolute Gasteiger partial charge is 0.182 e. The maximum absolute atomic E-state index is 6.18. The summed E-state index contributed by atoms with van der Waals surface area (Å²) in [4.78, 5) is 4.41. The number of hydrogen-bond acceptors (Lipinski definition) is 2. The van der Waals surface area contributed by atoms with Crippen molar-refractivity contribution in [2.24, 2.45) is 0 Å². The first-order chi connectivity index (χ1) is 7.59. The lowest BCUT2D eigenvalue weighted by Crippen LogP contribution is -1.89. The van der Waals surface area contributed by atoms with Crippen molar-refractivity contribution in [2.45, 2.75) is 19.8 Å². The van der Waals surface area contributed by atoms with Crippen LogP contribution in [0.15, 0.2) is 22.7 Å². The fourth-order valence-electron chi connectivity index (χ4n) is 1.33. The Bertz CT molecular complexity index is 508. The number of benzene rings is 1. The molecule has 1 aromatic heterocycles. The number of halogens is 2. The quantitative estimate of drug-likeness (QED) is 0.910. The maximum atomic E-state index is 6.18. The van der Waals surface area contributed by atoms with Crippen LogP contribution in [0.3, 0.4) is 0 Å². The molecule has 1 aromatic carbocycles. The lowest BCUT2D eigenvalue weighted by atomic mass is 10.2. The van der Waals surface area contributed by atoms with Crippen molar-refractivity contribution in [1.82, 2.24) is 15.2 Å². The average Bonchev–Trinajstić information content (AvgIpc) is 2.71. The van der Waals surface area contributed by atoms with E-state index >= 15 is 0 Å². The van der Waals surface area contributed by atoms with Crippen molar-refractivity contribution < 1.29 is 0 Å². The van der Waals surface area contributed by atoms with Crippen LogP contribution < -0.4 is 0 Å². The molecule has 1 heterocycles.